The highest BCUT2D eigenvalue weighted by Gasteiger charge is 2.26. The highest BCUT2D eigenvalue weighted by atomic mass is 35.5. The van der Waals surface area contributed by atoms with Crippen LogP contribution in [0.1, 0.15) is 51.9 Å². The van der Waals surface area contributed by atoms with Crippen molar-refractivity contribution in [2.24, 2.45) is 11.8 Å². The minimum atomic E-state index is 0. The molecule has 112 valence electrons. The Morgan fingerprint density at radius 1 is 1.21 bits per heavy atom. The molecule has 0 bridgehead atoms. The van der Waals surface area contributed by atoms with Crippen LogP contribution < -0.4 is 5.32 Å². The van der Waals surface area contributed by atoms with Crippen LogP contribution in [0.4, 0.5) is 0 Å². The minimum Gasteiger partial charge on any atom is -0.343 e. The molecule has 1 aliphatic heterocycles. The molecule has 1 aliphatic carbocycles. The van der Waals surface area contributed by atoms with E-state index in [2.05, 4.69) is 12.2 Å². The van der Waals surface area contributed by atoms with Gasteiger partial charge in [-0.15, -0.1) is 12.4 Å². The summed E-state index contributed by atoms with van der Waals surface area (Å²) in [7, 11) is 2.00. The van der Waals surface area contributed by atoms with Crippen molar-refractivity contribution in [3.8, 4) is 0 Å². The minimum absolute atomic E-state index is 0. The number of carbonyl (C=O) groups is 1. The summed E-state index contributed by atoms with van der Waals surface area (Å²) in [6.45, 7) is 4.44. The molecular formula is C15H29ClN2O. The fourth-order valence-electron chi connectivity index (χ4n) is 3.53. The van der Waals surface area contributed by atoms with Crippen LogP contribution in [0.25, 0.3) is 0 Å². The zero-order chi connectivity index (χ0) is 13.0. The summed E-state index contributed by atoms with van der Waals surface area (Å²) in [5.74, 6) is 1.84. The first-order valence-corrected chi connectivity index (χ1v) is 7.63. The van der Waals surface area contributed by atoms with Gasteiger partial charge >= 0.3 is 0 Å². The van der Waals surface area contributed by atoms with Gasteiger partial charge in [-0.3, -0.25) is 4.79 Å². The molecule has 4 heteroatoms. The van der Waals surface area contributed by atoms with Crippen LogP contribution in [0.3, 0.4) is 0 Å². The maximum atomic E-state index is 12.3. The molecule has 2 fully saturated rings. The van der Waals surface area contributed by atoms with E-state index >= 15 is 0 Å². The van der Waals surface area contributed by atoms with Gasteiger partial charge in [0.25, 0.3) is 0 Å². The molecule has 0 spiro atoms. The second-order valence-corrected chi connectivity index (χ2v) is 6.33. The topological polar surface area (TPSA) is 32.3 Å². The van der Waals surface area contributed by atoms with Crippen molar-refractivity contribution in [1.82, 2.24) is 10.2 Å². The molecule has 1 saturated carbocycles. The van der Waals surface area contributed by atoms with Crippen LogP contribution in [0.2, 0.25) is 0 Å². The maximum Gasteiger partial charge on any atom is 0.222 e. The van der Waals surface area contributed by atoms with Gasteiger partial charge in [0.05, 0.1) is 0 Å². The molecule has 1 heterocycles. The van der Waals surface area contributed by atoms with Crippen LogP contribution in [0, 0.1) is 11.8 Å². The summed E-state index contributed by atoms with van der Waals surface area (Å²) in [4.78, 5) is 14.4. The van der Waals surface area contributed by atoms with Crippen LogP contribution in [-0.2, 0) is 4.79 Å². The molecule has 0 radical (unpaired) electrons. The summed E-state index contributed by atoms with van der Waals surface area (Å²) in [6.07, 6.45) is 8.20. The summed E-state index contributed by atoms with van der Waals surface area (Å²) >= 11 is 0. The van der Waals surface area contributed by atoms with Gasteiger partial charge in [0.1, 0.15) is 0 Å². The Labute approximate surface area is 123 Å². The average Bonchev–Trinajstić information content (AvgIpc) is 2.39. The monoisotopic (exact) mass is 288 g/mol. The molecule has 3 nitrogen and oxygen atoms in total. The first-order valence-electron chi connectivity index (χ1n) is 7.63. The standard InChI is InChI=1S/C15H28N2O.ClH/c1-12-4-3-5-13(10-12)11-15(18)17(2)14-6-8-16-9-7-14;/h12-14,16H,3-11H2,1-2H3;1H. The first-order chi connectivity index (χ1) is 8.66. The Bertz CT molecular complexity index is 279. The molecule has 19 heavy (non-hydrogen) atoms. The molecule has 1 N–H and O–H groups in total. The zero-order valence-electron chi connectivity index (χ0n) is 12.4. The number of nitrogens with one attached hydrogen (secondary N) is 1. The van der Waals surface area contributed by atoms with Gasteiger partial charge < -0.3 is 10.2 Å². The number of nitrogens with zero attached hydrogens (tertiary/aromatic N) is 1. The molecule has 0 aromatic carbocycles. The van der Waals surface area contributed by atoms with E-state index in [1.54, 1.807) is 0 Å². The van der Waals surface area contributed by atoms with Crippen molar-refractivity contribution < 1.29 is 4.79 Å². The highest BCUT2D eigenvalue weighted by Crippen LogP contribution is 2.31. The fourth-order valence-corrected chi connectivity index (χ4v) is 3.53. The zero-order valence-corrected chi connectivity index (χ0v) is 13.2. The van der Waals surface area contributed by atoms with Crippen molar-refractivity contribution >= 4 is 18.3 Å². The average molecular weight is 289 g/mol. The van der Waals surface area contributed by atoms with Gasteiger partial charge in [0, 0.05) is 19.5 Å². The maximum absolute atomic E-state index is 12.3. The Kier molecular flexibility index (Phi) is 7.16. The number of halogens is 1. The fraction of sp³-hybridized carbons (Fsp3) is 0.933. The largest absolute Gasteiger partial charge is 0.343 e. The van der Waals surface area contributed by atoms with E-state index in [4.69, 9.17) is 0 Å². The highest BCUT2D eigenvalue weighted by molar-refractivity contribution is 5.85. The van der Waals surface area contributed by atoms with E-state index in [1.807, 2.05) is 11.9 Å². The summed E-state index contributed by atoms with van der Waals surface area (Å²) in [5.41, 5.74) is 0. The third kappa shape index (κ3) is 4.96. The van der Waals surface area contributed by atoms with E-state index in [1.165, 1.54) is 25.7 Å². The number of piperidine rings is 1. The molecule has 2 unspecified atom stereocenters. The van der Waals surface area contributed by atoms with E-state index in [9.17, 15) is 4.79 Å². The van der Waals surface area contributed by atoms with Gasteiger partial charge in [0.15, 0.2) is 0 Å². The Balaban J connectivity index is 0.00000180. The molecule has 1 saturated heterocycles. The molecular weight excluding hydrogens is 260 g/mol. The van der Waals surface area contributed by atoms with Crippen molar-refractivity contribution in [2.45, 2.75) is 57.9 Å². The van der Waals surface area contributed by atoms with E-state index < -0.39 is 0 Å². The lowest BCUT2D eigenvalue weighted by Gasteiger charge is -2.34. The van der Waals surface area contributed by atoms with Gasteiger partial charge in [-0.05, 0) is 50.6 Å². The van der Waals surface area contributed by atoms with Crippen LogP contribution in [0.15, 0.2) is 0 Å². The lowest BCUT2D eigenvalue weighted by atomic mass is 9.80. The third-order valence-corrected chi connectivity index (χ3v) is 4.76. The molecule has 2 rings (SSSR count). The van der Waals surface area contributed by atoms with Crippen LogP contribution >= 0.6 is 12.4 Å². The molecule has 2 atom stereocenters. The van der Waals surface area contributed by atoms with Crippen LogP contribution in [0.5, 0.6) is 0 Å². The van der Waals surface area contributed by atoms with Crippen molar-refractivity contribution in [3.05, 3.63) is 0 Å². The van der Waals surface area contributed by atoms with Gasteiger partial charge in [-0.2, -0.15) is 0 Å². The van der Waals surface area contributed by atoms with Crippen molar-refractivity contribution in [2.75, 3.05) is 20.1 Å². The quantitative estimate of drug-likeness (QED) is 0.866. The van der Waals surface area contributed by atoms with E-state index in [0.717, 1.165) is 38.3 Å². The lowest BCUT2D eigenvalue weighted by molar-refractivity contribution is -0.133. The van der Waals surface area contributed by atoms with Gasteiger partial charge in [-0.1, -0.05) is 19.8 Å². The number of hydrogen-bond acceptors (Lipinski definition) is 2. The van der Waals surface area contributed by atoms with Crippen LogP contribution in [-0.4, -0.2) is 37.0 Å². The molecule has 1 amide bonds. The summed E-state index contributed by atoms with van der Waals surface area (Å²) < 4.78 is 0. The van der Waals surface area contributed by atoms with Gasteiger partial charge in [0.2, 0.25) is 5.91 Å². The second-order valence-electron chi connectivity index (χ2n) is 6.33. The normalized spacial score (nSPS) is 28.5. The predicted octanol–water partition coefficient (Wildman–Crippen LogP) is 2.84. The smallest absolute Gasteiger partial charge is 0.222 e. The first kappa shape index (κ1) is 16.8. The number of carbonyl (C=O) groups excluding carboxylic acids is 1. The molecule has 2 aliphatic rings. The van der Waals surface area contributed by atoms with E-state index in [0.29, 0.717) is 17.9 Å². The number of amides is 1. The predicted molar refractivity (Wildman–Crippen MR) is 81.6 cm³/mol. The Morgan fingerprint density at radius 3 is 2.53 bits per heavy atom. The van der Waals surface area contributed by atoms with E-state index in [-0.39, 0.29) is 12.4 Å². The second kappa shape index (κ2) is 8.11. The van der Waals surface area contributed by atoms with Gasteiger partial charge in [-0.25, -0.2) is 0 Å². The van der Waals surface area contributed by atoms with Crippen molar-refractivity contribution in [3.63, 3.8) is 0 Å². The number of rotatable bonds is 3. The molecule has 0 aromatic rings. The lowest BCUT2D eigenvalue weighted by Crippen LogP contribution is -2.44. The summed E-state index contributed by atoms with van der Waals surface area (Å²) in [5, 5.41) is 3.36. The molecule has 0 aromatic heterocycles. The SMILES string of the molecule is CC1CCCC(CC(=O)N(C)C2CCNCC2)C1.Cl. The Hall–Kier alpha value is -0.280. The third-order valence-electron chi connectivity index (χ3n) is 4.76. The Morgan fingerprint density at radius 2 is 1.89 bits per heavy atom. The summed E-state index contributed by atoms with van der Waals surface area (Å²) in [6, 6.07) is 0.472. The van der Waals surface area contributed by atoms with Crippen molar-refractivity contribution in [1.29, 1.82) is 0 Å². The number of hydrogen-bond donors (Lipinski definition) is 1.